The van der Waals surface area contributed by atoms with E-state index in [-0.39, 0.29) is 6.61 Å². The van der Waals surface area contributed by atoms with E-state index in [1.165, 1.54) is 7.11 Å². The van der Waals surface area contributed by atoms with E-state index >= 15 is 0 Å². The Kier molecular flexibility index (Phi) is 13.3. The molecule has 8 rings (SSSR count). The van der Waals surface area contributed by atoms with E-state index in [2.05, 4.69) is 48.5 Å². The molecule has 2 aliphatic carbocycles. The largest absolute Gasteiger partial charge is 0.465 e. The van der Waals surface area contributed by atoms with Crippen molar-refractivity contribution in [3.8, 4) is 22.3 Å². The molecule has 0 bridgehead atoms. The Hall–Kier alpha value is -5.93. The summed E-state index contributed by atoms with van der Waals surface area (Å²) >= 11 is 0. The second-order valence-corrected chi connectivity index (χ2v) is 14.7. The summed E-state index contributed by atoms with van der Waals surface area (Å²) in [7, 11) is 1.42. The van der Waals surface area contributed by atoms with Crippen molar-refractivity contribution in [2.24, 2.45) is 0 Å². The molecule has 1 aliphatic heterocycles. The van der Waals surface area contributed by atoms with E-state index in [0.717, 1.165) is 50.1 Å². The minimum Gasteiger partial charge on any atom is -0.465 e. The zero-order valence-corrected chi connectivity index (χ0v) is 33.1. The Morgan fingerprint density at radius 1 is 0.492 bits per heavy atom. The van der Waals surface area contributed by atoms with Gasteiger partial charge in [0.25, 0.3) is 0 Å². The first-order chi connectivity index (χ1) is 29.1. The molecule has 7 heteroatoms. The van der Waals surface area contributed by atoms with Gasteiger partial charge in [0.1, 0.15) is 30.5 Å². The molecule has 1 fully saturated rings. The van der Waals surface area contributed by atoms with Crippen LogP contribution >= 0.6 is 0 Å². The molecule has 59 heavy (non-hydrogen) atoms. The average Bonchev–Trinajstić information content (AvgIpc) is 3.50. The van der Waals surface area contributed by atoms with Crippen LogP contribution in [-0.2, 0) is 54.8 Å². The molecule has 5 atom stereocenters. The molecule has 0 aromatic heterocycles. The van der Waals surface area contributed by atoms with Gasteiger partial charge in [0.05, 0.1) is 45.7 Å². The van der Waals surface area contributed by atoms with Crippen LogP contribution in [0, 0.1) is 0 Å². The predicted octanol–water partition coefficient (Wildman–Crippen LogP) is 10.7. The van der Waals surface area contributed by atoms with E-state index in [1.54, 1.807) is 0 Å². The standard InChI is InChI=1S/C52H48O7/c1-54-52(53)47-44-29-16-6-15-26-42(44)31-45(47)41-27-17-28-43(30-41)48-50(57-34-39-22-11-4-12-23-39)51(58-35-40-24-13-5-14-25-40)49(56-33-38-20-9-3-10-21-38)46(59-48)36-55-32-37-18-7-2-8-19-37/h2-31,46,48-51H,32-36H2,1H3/t46-,48+,49-,50+,51+/m1/s1. The minimum absolute atomic E-state index is 0.249. The molecule has 0 spiro atoms. The third kappa shape index (κ3) is 9.86. The minimum atomic E-state index is -0.613. The van der Waals surface area contributed by atoms with Crippen molar-refractivity contribution in [3.63, 3.8) is 0 Å². The lowest BCUT2D eigenvalue weighted by Crippen LogP contribution is -2.58. The summed E-state index contributed by atoms with van der Waals surface area (Å²) in [4.78, 5) is 13.4. The van der Waals surface area contributed by atoms with E-state index in [1.807, 2.05) is 133 Å². The fraction of sp³-hybridized carbons (Fsp3) is 0.212. The van der Waals surface area contributed by atoms with Gasteiger partial charge in [0.2, 0.25) is 0 Å². The summed E-state index contributed by atoms with van der Waals surface area (Å²) in [5.74, 6) is -0.395. The van der Waals surface area contributed by atoms with Crippen molar-refractivity contribution in [1.29, 1.82) is 0 Å². The SMILES string of the molecule is COC(=O)c1c2cccccc-2cc1-c1cccc([C@@H]2O[C@H](COCc3ccccc3)[C@@H](OCc3ccccc3)[C@H](OCc3ccccc3)[C@H]2OCc2ccccc2)c1. The maximum absolute atomic E-state index is 13.4. The van der Waals surface area contributed by atoms with Gasteiger partial charge in [-0.3, -0.25) is 0 Å². The molecular formula is C52H48O7. The highest BCUT2D eigenvalue weighted by atomic mass is 16.6. The zero-order chi connectivity index (χ0) is 40.2. The lowest BCUT2D eigenvalue weighted by molar-refractivity contribution is -0.275. The van der Waals surface area contributed by atoms with Gasteiger partial charge in [-0.15, -0.1) is 0 Å². The lowest BCUT2D eigenvalue weighted by Gasteiger charge is -2.46. The maximum Gasteiger partial charge on any atom is 0.339 e. The molecule has 1 heterocycles. The third-order valence-corrected chi connectivity index (χ3v) is 10.7. The van der Waals surface area contributed by atoms with Crippen LogP contribution in [0.15, 0.2) is 182 Å². The van der Waals surface area contributed by atoms with Crippen molar-refractivity contribution in [1.82, 2.24) is 0 Å². The molecule has 0 N–H and O–H groups in total. The summed E-state index contributed by atoms with van der Waals surface area (Å²) in [6, 6.07) is 60.5. The van der Waals surface area contributed by atoms with Crippen molar-refractivity contribution in [3.05, 3.63) is 215 Å². The van der Waals surface area contributed by atoms with Crippen LogP contribution in [0.5, 0.6) is 0 Å². The van der Waals surface area contributed by atoms with Gasteiger partial charge in [0.15, 0.2) is 0 Å². The molecule has 0 saturated carbocycles. The monoisotopic (exact) mass is 784 g/mol. The third-order valence-electron chi connectivity index (χ3n) is 10.7. The molecular weight excluding hydrogens is 737 g/mol. The topological polar surface area (TPSA) is 72.5 Å². The van der Waals surface area contributed by atoms with Crippen molar-refractivity contribution < 1.29 is 33.2 Å². The van der Waals surface area contributed by atoms with Gasteiger partial charge < -0.3 is 28.4 Å². The van der Waals surface area contributed by atoms with Gasteiger partial charge in [-0.25, -0.2) is 4.79 Å². The van der Waals surface area contributed by atoms with E-state index in [4.69, 9.17) is 28.4 Å². The first kappa shape index (κ1) is 39.9. The highest BCUT2D eigenvalue weighted by Gasteiger charge is 2.49. The van der Waals surface area contributed by atoms with Crippen LogP contribution in [0.4, 0.5) is 0 Å². The highest BCUT2D eigenvalue weighted by molar-refractivity contribution is 6.06. The summed E-state index contributed by atoms with van der Waals surface area (Å²) in [5.41, 5.74) is 8.94. The number of rotatable bonds is 16. The number of benzene rings is 5. The first-order valence-electron chi connectivity index (χ1n) is 20.1. The van der Waals surface area contributed by atoms with Crippen LogP contribution in [0.1, 0.15) is 44.3 Å². The van der Waals surface area contributed by atoms with Crippen LogP contribution in [0.25, 0.3) is 22.3 Å². The molecule has 0 amide bonds. The molecule has 3 aliphatic rings. The molecule has 1 saturated heterocycles. The number of carbonyl (C=O) groups excluding carboxylic acids is 1. The Morgan fingerprint density at radius 3 is 1.54 bits per heavy atom. The maximum atomic E-state index is 13.4. The quantitative estimate of drug-likeness (QED) is 0.0904. The average molecular weight is 785 g/mol. The zero-order valence-electron chi connectivity index (χ0n) is 33.1. The molecule has 7 nitrogen and oxygen atoms in total. The number of methoxy groups -OCH3 is 1. The molecule has 0 unspecified atom stereocenters. The van der Waals surface area contributed by atoms with Gasteiger partial charge in [-0.05, 0) is 62.2 Å². The Balaban J connectivity index is 1.21. The van der Waals surface area contributed by atoms with E-state index in [0.29, 0.717) is 32.0 Å². The fourth-order valence-electron chi connectivity index (χ4n) is 7.78. The van der Waals surface area contributed by atoms with Gasteiger partial charge in [-0.1, -0.05) is 170 Å². The lowest BCUT2D eigenvalue weighted by atomic mass is 9.89. The number of ether oxygens (including phenoxy) is 6. The number of fused-ring (bicyclic) bond motifs is 1. The van der Waals surface area contributed by atoms with Crippen LogP contribution < -0.4 is 0 Å². The number of carbonyl (C=O) groups is 1. The Labute approximate surface area is 346 Å². The summed E-state index contributed by atoms with van der Waals surface area (Å²) in [5, 5.41) is 0. The van der Waals surface area contributed by atoms with Crippen molar-refractivity contribution >= 4 is 5.97 Å². The fourth-order valence-corrected chi connectivity index (χ4v) is 7.78. The van der Waals surface area contributed by atoms with Crippen molar-refractivity contribution in [2.75, 3.05) is 13.7 Å². The summed E-state index contributed by atoms with van der Waals surface area (Å²) < 4.78 is 39.8. The van der Waals surface area contributed by atoms with Crippen LogP contribution in [0.2, 0.25) is 0 Å². The molecule has 5 aromatic rings. The second-order valence-electron chi connectivity index (χ2n) is 14.7. The van der Waals surface area contributed by atoms with Crippen LogP contribution in [0.3, 0.4) is 0 Å². The summed E-state index contributed by atoms with van der Waals surface area (Å²) in [6.45, 7) is 1.67. The smallest absolute Gasteiger partial charge is 0.339 e. The van der Waals surface area contributed by atoms with Gasteiger partial charge in [-0.2, -0.15) is 0 Å². The number of esters is 1. The van der Waals surface area contributed by atoms with Gasteiger partial charge >= 0.3 is 5.97 Å². The van der Waals surface area contributed by atoms with E-state index < -0.39 is 36.5 Å². The molecule has 298 valence electrons. The Bertz CT molecular complexity index is 2330. The highest BCUT2D eigenvalue weighted by Crippen LogP contribution is 2.42. The molecule has 5 aromatic carbocycles. The first-order valence-corrected chi connectivity index (χ1v) is 20.1. The molecule has 0 radical (unpaired) electrons. The Morgan fingerprint density at radius 2 is 0.966 bits per heavy atom. The van der Waals surface area contributed by atoms with E-state index in [9.17, 15) is 4.79 Å². The van der Waals surface area contributed by atoms with Crippen molar-refractivity contribution in [2.45, 2.75) is 56.9 Å². The van der Waals surface area contributed by atoms with Crippen LogP contribution in [-0.4, -0.2) is 44.1 Å². The second kappa shape index (κ2) is 19.7. The number of hydrogen-bond acceptors (Lipinski definition) is 7. The van der Waals surface area contributed by atoms with Gasteiger partial charge in [0, 0.05) is 0 Å². The normalized spacial score (nSPS) is 19.0. The predicted molar refractivity (Wildman–Crippen MR) is 229 cm³/mol. The number of hydrogen-bond donors (Lipinski definition) is 0. The summed E-state index contributed by atoms with van der Waals surface area (Å²) in [6.07, 6.45) is -2.91.